The number of azide groups is 1. The van der Waals surface area contributed by atoms with Crippen LogP contribution in [0.25, 0.3) is 10.4 Å². The maximum atomic E-state index is 13.4. The number of aromatic hydroxyl groups is 1. The molecule has 1 atom stereocenters. The summed E-state index contributed by atoms with van der Waals surface area (Å²) in [6.45, 7) is 2.57. The number of esters is 1. The molecule has 7 nitrogen and oxygen atoms in total. The average molecular weight is 296 g/mol. The quantitative estimate of drug-likeness (QED) is 0.252. The summed E-state index contributed by atoms with van der Waals surface area (Å²) in [5.74, 6) is -1.83. The van der Waals surface area contributed by atoms with Crippen LogP contribution in [-0.4, -0.2) is 30.8 Å². The first-order valence-electron chi connectivity index (χ1n) is 6.49. The Labute approximate surface area is 121 Å². The molecule has 0 heterocycles. The highest BCUT2D eigenvalue weighted by Crippen LogP contribution is 2.22. The zero-order valence-electron chi connectivity index (χ0n) is 11.6. The van der Waals surface area contributed by atoms with E-state index in [2.05, 4.69) is 15.3 Å². The number of hydrogen-bond acceptors (Lipinski definition) is 5. The van der Waals surface area contributed by atoms with Gasteiger partial charge < -0.3 is 15.2 Å². The van der Waals surface area contributed by atoms with Gasteiger partial charge in [-0.1, -0.05) is 11.2 Å². The van der Waals surface area contributed by atoms with Gasteiger partial charge in [0.25, 0.3) is 0 Å². The van der Waals surface area contributed by atoms with Gasteiger partial charge in [-0.05, 0) is 43.1 Å². The second-order valence-electron chi connectivity index (χ2n) is 4.16. The van der Waals surface area contributed by atoms with Crippen LogP contribution < -0.4 is 5.32 Å². The number of carbonyl (C=O) groups is 1. The number of benzene rings is 1. The monoisotopic (exact) mass is 296 g/mol. The minimum absolute atomic E-state index is 0.205. The average Bonchev–Trinajstić information content (AvgIpc) is 2.46. The Hall–Kier alpha value is -2.31. The van der Waals surface area contributed by atoms with Crippen molar-refractivity contribution in [2.24, 2.45) is 5.11 Å². The molecule has 0 fully saturated rings. The molecule has 0 bridgehead atoms. The molecule has 1 aromatic rings. The third-order valence-corrected chi connectivity index (χ3v) is 2.67. The van der Waals surface area contributed by atoms with Gasteiger partial charge in [0.15, 0.2) is 11.6 Å². The molecule has 0 saturated carbocycles. The summed E-state index contributed by atoms with van der Waals surface area (Å²) in [4.78, 5) is 14.5. The van der Waals surface area contributed by atoms with E-state index in [9.17, 15) is 14.3 Å². The van der Waals surface area contributed by atoms with E-state index in [1.807, 2.05) is 0 Å². The lowest BCUT2D eigenvalue weighted by atomic mass is 10.1. The van der Waals surface area contributed by atoms with Gasteiger partial charge in [0.05, 0.1) is 6.61 Å². The van der Waals surface area contributed by atoms with Crippen molar-refractivity contribution in [3.05, 3.63) is 40.0 Å². The Morgan fingerprint density at radius 3 is 3.00 bits per heavy atom. The molecule has 0 saturated heterocycles. The summed E-state index contributed by atoms with van der Waals surface area (Å²) < 4.78 is 18.3. The molecule has 0 aromatic heterocycles. The van der Waals surface area contributed by atoms with E-state index in [1.165, 1.54) is 12.1 Å². The van der Waals surface area contributed by atoms with Gasteiger partial charge in [0.2, 0.25) is 0 Å². The number of rotatable bonds is 8. The fraction of sp³-hybridized carbons (Fsp3) is 0.462. The van der Waals surface area contributed by atoms with Crippen LogP contribution in [0.3, 0.4) is 0 Å². The Kier molecular flexibility index (Phi) is 7.00. The maximum absolute atomic E-state index is 13.4. The van der Waals surface area contributed by atoms with E-state index in [4.69, 9.17) is 10.3 Å². The van der Waals surface area contributed by atoms with Crippen LogP contribution in [0.2, 0.25) is 0 Å². The molecule has 0 aliphatic heterocycles. The van der Waals surface area contributed by atoms with Crippen molar-refractivity contribution in [2.75, 3.05) is 19.7 Å². The van der Waals surface area contributed by atoms with Crippen molar-refractivity contribution in [3.8, 4) is 5.75 Å². The molecule has 2 N–H and O–H groups in total. The summed E-state index contributed by atoms with van der Waals surface area (Å²) in [6.07, 6.45) is 0.528. The molecule has 1 aromatic carbocycles. The number of phenolic OH excluding ortho intramolecular Hbond substituents is 1. The van der Waals surface area contributed by atoms with Crippen LogP contribution in [-0.2, 0) is 9.53 Å². The predicted molar refractivity (Wildman–Crippen MR) is 74.1 cm³/mol. The van der Waals surface area contributed by atoms with Gasteiger partial charge in [-0.25, -0.2) is 9.18 Å². The van der Waals surface area contributed by atoms with Crippen LogP contribution in [0.4, 0.5) is 4.39 Å². The standard InChI is InChI=1S/C13H17FN4O3/c1-2-21-13(20)12(16-6-3-7-17-18-15)9-4-5-11(19)10(14)8-9/h4-5,8,12,16,19H,2-3,6-7H2,1H3. The Morgan fingerprint density at radius 1 is 1.62 bits per heavy atom. The third-order valence-electron chi connectivity index (χ3n) is 2.67. The number of phenols is 1. The summed E-state index contributed by atoms with van der Waals surface area (Å²) >= 11 is 0. The number of nitrogens with one attached hydrogen (secondary N) is 1. The van der Waals surface area contributed by atoms with Gasteiger partial charge in [-0.3, -0.25) is 0 Å². The number of nitrogens with zero attached hydrogens (tertiary/aromatic N) is 3. The molecule has 0 spiro atoms. The predicted octanol–water partition coefficient (Wildman–Crippen LogP) is 2.43. The van der Waals surface area contributed by atoms with Gasteiger partial charge >= 0.3 is 5.97 Å². The number of halogens is 1. The first-order chi connectivity index (χ1) is 10.1. The highest BCUT2D eigenvalue weighted by Gasteiger charge is 2.22. The SMILES string of the molecule is CCOC(=O)C(NCCCN=[N+]=[N-])c1ccc(O)c(F)c1. The van der Waals surface area contributed by atoms with Gasteiger partial charge in [0, 0.05) is 11.5 Å². The lowest BCUT2D eigenvalue weighted by molar-refractivity contribution is -0.145. The lowest BCUT2D eigenvalue weighted by Gasteiger charge is -2.17. The van der Waals surface area contributed by atoms with Crippen LogP contribution in [0.1, 0.15) is 24.9 Å². The normalized spacial score (nSPS) is 11.5. The highest BCUT2D eigenvalue weighted by molar-refractivity contribution is 5.77. The number of carbonyl (C=O) groups excluding carboxylic acids is 1. The molecule has 114 valence electrons. The van der Waals surface area contributed by atoms with Crippen LogP contribution in [0.5, 0.6) is 5.75 Å². The molecule has 0 aliphatic rings. The second-order valence-corrected chi connectivity index (χ2v) is 4.16. The molecule has 8 heteroatoms. The molecule has 21 heavy (non-hydrogen) atoms. The lowest BCUT2D eigenvalue weighted by Crippen LogP contribution is -2.31. The molecular formula is C13H17FN4O3. The topological polar surface area (TPSA) is 107 Å². The molecule has 0 amide bonds. The van der Waals surface area contributed by atoms with Crippen molar-refractivity contribution < 1.29 is 19.0 Å². The Bertz CT molecular complexity index is 532. The number of ether oxygens (including phenoxy) is 1. The smallest absolute Gasteiger partial charge is 0.327 e. The molecule has 1 rings (SSSR count). The molecule has 0 aliphatic carbocycles. The van der Waals surface area contributed by atoms with Crippen molar-refractivity contribution in [2.45, 2.75) is 19.4 Å². The van der Waals surface area contributed by atoms with Gasteiger partial charge in [0.1, 0.15) is 6.04 Å². The minimum Gasteiger partial charge on any atom is -0.505 e. The zero-order valence-corrected chi connectivity index (χ0v) is 11.6. The van der Waals surface area contributed by atoms with Crippen LogP contribution in [0, 0.1) is 5.82 Å². The van der Waals surface area contributed by atoms with Gasteiger partial charge in [-0.15, -0.1) is 0 Å². The summed E-state index contributed by atoms with van der Waals surface area (Å²) in [7, 11) is 0. The second kappa shape index (κ2) is 8.78. The van der Waals surface area contributed by atoms with E-state index in [1.54, 1.807) is 6.92 Å². The van der Waals surface area contributed by atoms with E-state index < -0.39 is 23.6 Å². The summed E-state index contributed by atoms with van der Waals surface area (Å²) in [5, 5.41) is 15.5. The fourth-order valence-electron chi connectivity index (χ4n) is 1.71. The van der Waals surface area contributed by atoms with Crippen molar-refractivity contribution >= 4 is 5.97 Å². The largest absolute Gasteiger partial charge is 0.505 e. The summed E-state index contributed by atoms with van der Waals surface area (Å²) in [6, 6.07) is 2.86. The van der Waals surface area contributed by atoms with E-state index in [-0.39, 0.29) is 6.61 Å². The third kappa shape index (κ3) is 5.29. The van der Waals surface area contributed by atoms with E-state index in [0.717, 1.165) is 6.07 Å². The highest BCUT2D eigenvalue weighted by atomic mass is 19.1. The Balaban J connectivity index is 2.78. The first kappa shape index (κ1) is 16.7. The first-order valence-corrected chi connectivity index (χ1v) is 6.49. The van der Waals surface area contributed by atoms with Crippen LogP contribution in [0.15, 0.2) is 23.3 Å². The Morgan fingerprint density at radius 2 is 2.38 bits per heavy atom. The van der Waals surface area contributed by atoms with Gasteiger partial charge in [-0.2, -0.15) is 0 Å². The van der Waals surface area contributed by atoms with Crippen molar-refractivity contribution in [1.82, 2.24) is 5.32 Å². The fourth-order valence-corrected chi connectivity index (χ4v) is 1.71. The zero-order chi connectivity index (χ0) is 15.7. The van der Waals surface area contributed by atoms with Crippen molar-refractivity contribution in [1.29, 1.82) is 0 Å². The molecular weight excluding hydrogens is 279 g/mol. The van der Waals surface area contributed by atoms with E-state index in [0.29, 0.717) is 25.1 Å². The maximum Gasteiger partial charge on any atom is 0.327 e. The van der Waals surface area contributed by atoms with E-state index >= 15 is 0 Å². The minimum atomic E-state index is -0.842. The molecule has 1 unspecified atom stereocenters. The molecule has 0 radical (unpaired) electrons. The summed E-state index contributed by atoms with van der Waals surface area (Å²) in [5.41, 5.74) is 8.52. The van der Waals surface area contributed by atoms with Crippen molar-refractivity contribution in [3.63, 3.8) is 0 Å². The van der Waals surface area contributed by atoms with Crippen LogP contribution >= 0.6 is 0 Å². The number of hydrogen-bond donors (Lipinski definition) is 2.